The minimum absolute atomic E-state index is 0.208. The first kappa shape index (κ1) is 19.3. The van der Waals surface area contributed by atoms with Gasteiger partial charge in [0.05, 0.1) is 5.69 Å². The van der Waals surface area contributed by atoms with E-state index < -0.39 is 0 Å². The Kier molecular flexibility index (Phi) is 5.01. The van der Waals surface area contributed by atoms with Crippen molar-refractivity contribution in [3.63, 3.8) is 0 Å². The molecule has 3 heterocycles. The van der Waals surface area contributed by atoms with Gasteiger partial charge < -0.3 is 9.80 Å². The summed E-state index contributed by atoms with van der Waals surface area (Å²) in [6.07, 6.45) is 12.6. The Morgan fingerprint density at radius 3 is 2.59 bits per heavy atom. The van der Waals surface area contributed by atoms with Gasteiger partial charge in [0.1, 0.15) is 0 Å². The van der Waals surface area contributed by atoms with Crippen LogP contribution in [0.15, 0.2) is 6.20 Å². The summed E-state index contributed by atoms with van der Waals surface area (Å²) in [5.74, 6) is 1.61. The number of amides is 1. The van der Waals surface area contributed by atoms with Crippen LogP contribution in [0, 0.1) is 5.92 Å². The molecule has 4 aliphatic rings. The Balaban J connectivity index is 1.27. The van der Waals surface area contributed by atoms with E-state index in [1.165, 1.54) is 43.5 Å². The van der Waals surface area contributed by atoms with Crippen molar-refractivity contribution in [3.8, 4) is 0 Å². The highest BCUT2D eigenvalue weighted by Crippen LogP contribution is 2.45. The van der Waals surface area contributed by atoms with E-state index >= 15 is 0 Å². The van der Waals surface area contributed by atoms with Gasteiger partial charge in [0.2, 0.25) is 11.9 Å². The number of carbonyl (C=O) groups excluding carboxylic acids is 1. The molecular weight excluding hydrogens is 362 g/mol. The van der Waals surface area contributed by atoms with E-state index in [1.807, 2.05) is 19.0 Å². The predicted molar refractivity (Wildman–Crippen MR) is 114 cm³/mol. The van der Waals surface area contributed by atoms with Gasteiger partial charge in [-0.1, -0.05) is 6.42 Å². The third-order valence-electron chi connectivity index (χ3n) is 7.98. The van der Waals surface area contributed by atoms with Crippen LogP contribution in [0.3, 0.4) is 0 Å². The van der Waals surface area contributed by atoms with Crippen molar-refractivity contribution in [2.45, 2.75) is 69.2 Å². The van der Waals surface area contributed by atoms with Crippen LogP contribution >= 0.6 is 0 Å². The summed E-state index contributed by atoms with van der Waals surface area (Å²) in [7, 11) is 4.05. The SMILES string of the molecule is CN(C)c1ncc2c(n1)C1(CCCN(C3CCN(C(=O)C4CCC4)CC3)C1)CC2. The van der Waals surface area contributed by atoms with Crippen LogP contribution in [0.4, 0.5) is 5.95 Å². The highest BCUT2D eigenvalue weighted by atomic mass is 16.2. The van der Waals surface area contributed by atoms with Crippen molar-refractivity contribution in [2.75, 3.05) is 45.2 Å². The minimum Gasteiger partial charge on any atom is -0.347 e. The first-order valence-corrected chi connectivity index (χ1v) is 11.6. The fourth-order valence-electron chi connectivity index (χ4n) is 5.99. The molecule has 6 heteroatoms. The zero-order chi connectivity index (χ0) is 20.0. The van der Waals surface area contributed by atoms with Crippen LogP contribution in [0.1, 0.15) is 62.6 Å². The van der Waals surface area contributed by atoms with Gasteiger partial charge in [0.25, 0.3) is 0 Å². The number of carbonyl (C=O) groups is 1. The minimum atomic E-state index is 0.208. The van der Waals surface area contributed by atoms with Crippen molar-refractivity contribution in [1.29, 1.82) is 0 Å². The fraction of sp³-hybridized carbons (Fsp3) is 0.783. The van der Waals surface area contributed by atoms with Crippen LogP contribution in [0.2, 0.25) is 0 Å². The zero-order valence-corrected chi connectivity index (χ0v) is 18.1. The molecule has 158 valence electrons. The highest BCUT2D eigenvalue weighted by molar-refractivity contribution is 5.79. The van der Waals surface area contributed by atoms with Gasteiger partial charge in [0, 0.05) is 57.3 Å². The molecule has 1 amide bonds. The van der Waals surface area contributed by atoms with Gasteiger partial charge in [-0.15, -0.1) is 0 Å². The zero-order valence-electron chi connectivity index (χ0n) is 18.1. The van der Waals surface area contributed by atoms with Crippen LogP contribution in [0.25, 0.3) is 0 Å². The molecule has 29 heavy (non-hydrogen) atoms. The molecular formula is C23H35N5O. The maximum Gasteiger partial charge on any atom is 0.225 e. The number of likely N-dealkylation sites (tertiary alicyclic amines) is 2. The third-order valence-corrected chi connectivity index (χ3v) is 7.98. The molecule has 1 spiro atoms. The molecule has 0 radical (unpaired) electrons. The van der Waals surface area contributed by atoms with Crippen molar-refractivity contribution < 1.29 is 4.79 Å². The molecule has 3 fully saturated rings. The molecule has 0 aromatic carbocycles. The summed E-state index contributed by atoms with van der Waals surface area (Å²) in [6.45, 7) is 4.23. The predicted octanol–water partition coefficient (Wildman–Crippen LogP) is 2.61. The smallest absolute Gasteiger partial charge is 0.225 e. The molecule has 2 aliphatic carbocycles. The second kappa shape index (κ2) is 7.53. The van der Waals surface area contributed by atoms with Gasteiger partial charge in [-0.3, -0.25) is 9.69 Å². The lowest BCUT2D eigenvalue weighted by molar-refractivity contribution is -0.139. The highest BCUT2D eigenvalue weighted by Gasteiger charge is 2.45. The normalized spacial score (nSPS) is 28.4. The standard InChI is InChI=1S/C23H35N5O/c1-26(2)22-24-15-18-7-11-23(20(18)25-22)10-4-12-28(16-23)19-8-13-27(14-9-19)21(29)17-5-3-6-17/h15,17,19H,3-14,16H2,1-2H3. The second-order valence-corrected chi connectivity index (χ2v) is 9.98. The average Bonchev–Trinajstić information content (AvgIpc) is 3.04. The number of aromatic nitrogens is 2. The second-order valence-electron chi connectivity index (χ2n) is 9.98. The number of fused-ring (bicyclic) bond motifs is 2. The monoisotopic (exact) mass is 397 g/mol. The number of nitrogens with zero attached hydrogens (tertiary/aromatic N) is 5. The van der Waals surface area contributed by atoms with E-state index in [4.69, 9.17) is 4.98 Å². The first-order chi connectivity index (χ1) is 14.1. The largest absolute Gasteiger partial charge is 0.347 e. The Bertz CT molecular complexity index is 765. The average molecular weight is 398 g/mol. The molecule has 0 N–H and O–H groups in total. The first-order valence-electron chi connectivity index (χ1n) is 11.6. The summed E-state index contributed by atoms with van der Waals surface area (Å²) >= 11 is 0. The Hall–Kier alpha value is -1.69. The summed E-state index contributed by atoms with van der Waals surface area (Å²) in [4.78, 5) is 29.1. The molecule has 6 nitrogen and oxygen atoms in total. The lowest BCUT2D eigenvalue weighted by Gasteiger charge is -2.46. The van der Waals surface area contributed by atoms with Crippen molar-refractivity contribution in [3.05, 3.63) is 17.5 Å². The molecule has 1 saturated carbocycles. The maximum absolute atomic E-state index is 12.6. The van der Waals surface area contributed by atoms with Gasteiger partial charge >= 0.3 is 0 Å². The van der Waals surface area contributed by atoms with E-state index in [-0.39, 0.29) is 5.41 Å². The maximum atomic E-state index is 12.6. The molecule has 1 aromatic rings. The van der Waals surface area contributed by atoms with E-state index in [0.29, 0.717) is 17.9 Å². The summed E-state index contributed by atoms with van der Waals surface area (Å²) in [5, 5.41) is 0. The fourth-order valence-corrected chi connectivity index (χ4v) is 5.99. The third kappa shape index (κ3) is 3.43. The van der Waals surface area contributed by atoms with E-state index in [9.17, 15) is 4.79 Å². The van der Waals surface area contributed by atoms with Gasteiger partial charge in [-0.2, -0.15) is 0 Å². The molecule has 1 unspecified atom stereocenters. The molecule has 1 atom stereocenters. The summed E-state index contributed by atoms with van der Waals surface area (Å²) in [5.41, 5.74) is 2.89. The van der Waals surface area contributed by atoms with Gasteiger partial charge in [0.15, 0.2) is 0 Å². The van der Waals surface area contributed by atoms with Crippen molar-refractivity contribution >= 4 is 11.9 Å². The number of hydrogen-bond donors (Lipinski definition) is 0. The topological polar surface area (TPSA) is 52.6 Å². The van der Waals surface area contributed by atoms with E-state index in [2.05, 4.69) is 21.0 Å². The number of piperidine rings is 2. The number of rotatable bonds is 3. The Labute approximate surface area is 174 Å². The molecule has 5 rings (SSSR count). The van der Waals surface area contributed by atoms with Crippen LogP contribution in [0.5, 0.6) is 0 Å². The van der Waals surface area contributed by atoms with E-state index in [0.717, 1.165) is 57.7 Å². The van der Waals surface area contributed by atoms with Gasteiger partial charge in [-0.25, -0.2) is 9.97 Å². The molecule has 1 aromatic heterocycles. The Morgan fingerprint density at radius 2 is 1.90 bits per heavy atom. The lowest BCUT2D eigenvalue weighted by atomic mass is 9.76. The van der Waals surface area contributed by atoms with Crippen LogP contribution in [-0.4, -0.2) is 72.0 Å². The lowest BCUT2D eigenvalue weighted by Crippen LogP contribution is -2.54. The molecule has 2 aliphatic heterocycles. The number of anilines is 1. The molecule has 0 bridgehead atoms. The number of aryl methyl sites for hydroxylation is 1. The summed E-state index contributed by atoms with van der Waals surface area (Å²) in [6, 6.07) is 0.622. The van der Waals surface area contributed by atoms with Crippen molar-refractivity contribution in [1.82, 2.24) is 19.8 Å². The van der Waals surface area contributed by atoms with Crippen LogP contribution < -0.4 is 4.90 Å². The van der Waals surface area contributed by atoms with E-state index in [1.54, 1.807) is 0 Å². The number of hydrogen-bond acceptors (Lipinski definition) is 5. The van der Waals surface area contributed by atoms with Crippen LogP contribution in [-0.2, 0) is 16.6 Å². The van der Waals surface area contributed by atoms with Crippen molar-refractivity contribution in [2.24, 2.45) is 5.92 Å². The Morgan fingerprint density at radius 1 is 1.10 bits per heavy atom. The quantitative estimate of drug-likeness (QED) is 0.785. The summed E-state index contributed by atoms with van der Waals surface area (Å²) < 4.78 is 0. The van der Waals surface area contributed by atoms with Gasteiger partial charge in [-0.05, 0) is 63.5 Å². The molecule has 2 saturated heterocycles.